The van der Waals surface area contributed by atoms with Gasteiger partial charge >= 0.3 is 0 Å². The quantitative estimate of drug-likeness (QED) is 0.550. The fraction of sp³-hybridized carbons (Fsp3) is 0.154. The summed E-state index contributed by atoms with van der Waals surface area (Å²) in [6, 6.07) is 19.2. The number of nitrogen functional groups attached to an aromatic ring is 2. The minimum absolute atomic E-state index is 0.203. The third-order valence-corrected chi connectivity index (χ3v) is 6.27. The topological polar surface area (TPSA) is 117 Å². The number of nitrogens with zero attached hydrogens (tertiary/aromatic N) is 4. The Bertz CT molecular complexity index is 1370. The third-order valence-electron chi connectivity index (χ3n) is 5.96. The Morgan fingerprint density at radius 2 is 1.20 bits per heavy atom. The van der Waals surface area contributed by atoms with Crippen molar-refractivity contribution in [3.05, 3.63) is 94.0 Å². The Kier molecular flexibility index (Phi) is 5.96. The predicted molar refractivity (Wildman–Crippen MR) is 138 cm³/mol. The number of hydrogen-bond acceptors (Lipinski definition) is 6. The van der Waals surface area contributed by atoms with E-state index in [1.165, 1.54) is 6.07 Å². The molecule has 3 aromatic rings. The van der Waals surface area contributed by atoms with Crippen LogP contribution in [0.25, 0.3) is 0 Å². The van der Waals surface area contributed by atoms with Crippen molar-refractivity contribution >= 4 is 46.5 Å². The van der Waals surface area contributed by atoms with Gasteiger partial charge in [0, 0.05) is 41.2 Å². The molecule has 5 rings (SSSR count). The van der Waals surface area contributed by atoms with Crippen LogP contribution in [0.3, 0.4) is 0 Å². The Balaban J connectivity index is 1.36. The molecule has 3 aromatic carbocycles. The molecule has 0 saturated carbocycles. The number of carbonyl (C=O) groups is 2. The summed E-state index contributed by atoms with van der Waals surface area (Å²) < 4.78 is 0. The molecule has 2 heterocycles. The lowest BCUT2D eigenvalue weighted by Gasteiger charge is -2.21. The lowest BCUT2D eigenvalue weighted by Crippen LogP contribution is -2.36. The van der Waals surface area contributed by atoms with Gasteiger partial charge in [-0.3, -0.25) is 29.4 Å². The molecular weight excluding hydrogens is 464 g/mol. The lowest BCUT2D eigenvalue weighted by molar-refractivity contribution is 0.0846. The number of amides is 2. The fourth-order valence-corrected chi connectivity index (χ4v) is 4.43. The molecule has 8 nitrogen and oxygen atoms in total. The van der Waals surface area contributed by atoms with Gasteiger partial charge in [0.15, 0.2) is 0 Å². The van der Waals surface area contributed by atoms with E-state index in [9.17, 15) is 9.59 Å². The van der Waals surface area contributed by atoms with Crippen LogP contribution in [-0.2, 0) is 0 Å². The molecule has 0 aliphatic carbocycles. The van der Waals surface area contributed by atoms with Crippen LogP contribution in [-0.4, -0.2) is 59.5 Å². The van der Waals surface area contributed by atoms with Crippen LogP contribution in [0.4, 0.5) is 11.4 Å². The smallest absolute Gasteiger partial charge is 0.261 e. The second-order valence-corrected chi connectivity index (χ2v) is 8.67. The number of hydrogen-bond donors (Lipinski definition) is 2. The Morgan fingerprint density at radius 1 is 0.714 bits per heavy atom. The molecule has 4 N–H and O–H groups in total. The highest BCUT2D eigenvalue weighted by atomic mass is 35.5. The van der Waals surface area contributed by atoms with Crippen molar-refractivity contribution in [3.63, 3.8) is 0 Å². The molecule has 176 valence electrons. The van der Waals surface area contributed by atoms with Crippen molar-refractivity contribution in [2.24, 2.45) is 9.98 Å². The molecule has 9 heteroatoms. The van der Waals surface area contributed by atoms with Crippen LogP contribution < -0.4 is 11.5 Å². The number of nitrogens with two attached hydrogens (primary N) is 2. The van der Waals surface area contributed by atoms with E-state index < -0.39 is 0 Å². The largest absolute Gasteiger partial charge is 0.399 e. The Hall–Kier alpha value is -4.17. The van der Waals surface area contributed by atoms with Gasteiger partial charge in [0.25, 0.3) is 11.8 Å². The molecule has 0 atom stereocenters. The molecule has 0 spiro atoms. The predicted octanol–water partition coefficient (Wildman–Crippen LogP) is 3.31. The minimum atomic E-state index is -0.271. The zero-order valence-electron chi connectivity index (χ0n) is 18.8. The number of aliphatic imine (C=N–C) groups is 2. The number of carbonyl (C=O) groups excluding carboxylic acids is 2. The van der Waals surface area contributed by atoms with Gasteiger partial charge in [-0.25, -0.2) is 0 Å². The van der Waals surface area contributed by atoms with Crippen molar-refractivity contribution < 1.29 is 9.59 Å². The maximum Gasteiger partial charge on any atom is 0.261 e. The van der Waals surface area contributed by atoms with Gasteiger partial charge in [0.2, 0.25) is 0 Å². The molecule has 2 aliphatic heterocycles. The monoisotopic (exact) mass is 486 g/mol. The highest BCUT2D eigenvalue weighted by Crippen LogP contribution is 2.25. The minimum Gasteiger partial charge on any atom is -0.399 e. The maximum absolute atomic E-state index is 13.3. The van der Waals surface area contributed by atoms with E-state index in [1.807, 2.05) is 24.3 Å². The molecular formula is C26H23ClN6O2. The molecule has 2 amide bonds. The van der Waals surface area contributed by atoms with Crippen LogP contribution >= 0.6 is 11.6 Å². The molecule has 35 heavy (non-hydrogen) atoms. The van der Waals surface area contributed by atoms with Crippen LogP contribution in [0.1, 0.15) is 31.8 Å². The zero-order chi connectivity index (χ0) is 24.5. The molecule has 0 bridgehead atoms. The Labute approximate surface area is 207 Å². The summed E-state index contributed by atoms with van der Waals surface area (Å²) in [5.41, 5.74) is 15.1. The summed E-state index contributed by atoms with van der Waals surface area (Å²) in [5, 5.41) is 0.203. The van der Waals surface area contributed by atoms with Gasteiger partial charge in [0.05, 0.1) is 23.7 Å². The summed E-state index contributed by atoms with van der Waals surface area (Å²) >= 11 is 6.52. The van der Waals surface area contributed by atoms with Crippen molar-refractivity contribution in [3.8, 4) is 0 Å². The van der Waals surface area contributed by atoms with E-state index >= 15 is 0 Å². The first-order chi connectivity index (χ1) is 16.9. The van der Waals surface area contributed by atoms with Crippen LogP contribution in [0.5, 0.6) is 0 Å². The SMILES string of the molecule is Nc1ccc(C2=NCCN2C(=O)c2ccc(C(=O)N3CCN=C3c3ccc(N)cc3)c(Cl)c2)cc1. The third kappa shape index (κ3) is 4.36. The van der Waals surface area contributed by atoms with Gasteiger partial charge < -0.3 is 11.5 Å². The number of anilines is 2. The highest BCUT2D eigenvalue weighted by molar-refractivity contribution is 6.35. The van der Waals surface area contributed by atoms with E-state index in [2.05, 4.69) is 9.98 Å². The molecule has 0 radical (unpaired) electrons. The maximum atomic E-state index is 13.3. The fourth-order valence-electron chi connectivity index (χ4n) is 4.17. The zero-order valence-corrected chi connectivity index (χ0v) is 19.6. The number of rotatable bonds is 4. The standard InChI is InChI=1S/C26H23ClN6O2/c27-22-15-18(25(34)32-13-11-30-23(32)16-1-6-19(28)7-2-16)5-10-21(22)26(35)33-14-12-31-24(33)17-3-8-20(29)9-4-17/h1-10,15H,11-14,28-29H2. The molecule has 0 fully saturated rings. The van der Waals surface area contributed by atoms with Gasteiger partial charge in [0.1, 0.15) is 11.7 Å². The van der Waals surface area contributed by atoms with Crippen molar-refractivity contribution in [2.75, 3.05) is 37.6 Å². The molecule has 2 aliphatic rings. The average molecular weight is 487 g/mol. The molecule has 0 aromatic heterocycles. The second-order valence-electron chi connectivity index (χ2n) is 8.26. The van der Waals surface area contributed by atoms with E-state index in [0.717, 1.165) is 11.1 Å². The van der Waals surface area contributed by atoms with Gasteiger partial charge in [-0.15, -0.1) is 0 Å². The first-order valence-electron chi connectivity index (χ1n) is 11.2. The van der Waals surface area contributed by atoms with E-state index in [0.29, 0.717) is 60.4 Å². The summed E-state index contributed by atoms with van der Waals surface area (Å²) in [5.74, 6) is 0.664. The van der Waals surface area contributed by atoms with Gasteiger partial charge in [-0.2, -0.15) is 0 Å². The van der Waals surface area contributed by atoms with E-state index in [4.69, 9.17) is 23.1 Å². The second kappa shape index (κ2) is 9.23. The van der Waals surface area contributed by atoms with Crippen LogP contribution in [0.2, 0.25) is 5.02 Å². The lowest BCUT2D eigenvalue weighted by atomic mass is 10.1. The normalized spacial score (nSPS) is 15.2. The summed E-state index contributed by atoms with van der Waals surface area (Å²) in [6.45, 7) is 1.93. The van der Waals surface area contributed by atoms with Crippen LogP contribution in [0.15, 0.2) is 76.7 Å². The molecule has 0 unspecified atom stereocenters. The first-order valence-corrected chi connectivity index (χ1v) is 11.5. The van der Waals surface area contributed by atoms with Crippen molar-refractivity contribution in [2.45, 2.75) is 0 Å². The van der Waals surface area contributed by atoms with Crippen molar-refractivity contribution in [1.29, 1.82) is 0 Å². The molecule has 0 saturated heterocycles. The summed E-state index contributed by atoms with van der Waals surface area (Å²) in [7, 11) is 0. The Morgan fingerprint density at radius 3 is 1.69 bits per heavy atom. The van der Waals surface area contributed by atoms with Crippen molar-refractivity contribution in [1.82, 2.24) is 9.80 Å². The number of halogens is 1. The average Bonchev–Trinajstić information content (AvgIpc) is 3.54. The van der Waals surface area contributed by atoms with Gasteiger partial charge in [-0.1, -0.05) is 11.6 Å². The highest BCUT2D eigenvalue weighted by Gasteiger charge is 2.29. The summed E-state index contributed by atoms with van der Waals surface area (Å²) in [6.07, 6.45) is 0. The number of benzene rings is 3. The van der Waals surface area contributed by atoms with E-state index in [1.54, 1.807) is 46.2 Å². The van der Waals surface area contributed by atoms with E-state index in [-0.39, 0.29) is 16.8 Å². The van der Waals surface area contributed by atoms with Crippen LogP contribution in [0, 0.1) is 0 Å². The number of amidine groups is 2. The van der Waals surface area contributed by atoms with Gasteiger partial charge in [-0.05, 0) is 66.7 Å². The summed E-state index contributed by atoms with van der Waals surface area (Å²) in [4.78, 5) is 38.8. The first kappa shape index (κ1) is 22.6.